The second-order valence-electron chi connectivity index (χ2n) is 3.15. The Hall–Kier alpha value is -1.42. The van der Waals surface area contributed by atoms with Crippen molar-refractivity contribution in [2.75, 3.05) is 0 Å². The van der Waals surface area contributed by atoms with Crippen molar-refractivity contribution in [2.24, 2.45) is 0 Å². The standard InChI is InChI=1S/C10H11ClO4/c1-3-5-6(10(14)15)8(12)4(2)9(13)7(5)11/h12-13H,3H2,1-2H3,(H,14,15). The van der Waals surface area contributed by atoms with Crippen LogP contribution >= 0.6 is 11.6 Å². The molecular weight excluding hydrogens is 220 g/mol. The molecular formula is C10H11ClO4. The summed E-state index contributed by atoms with van der Waals surface area (Å²) in [6.07, 6.45) is 0.321. The Balaban J connectivity index is 3.70. The number of carboxylic acid groups (broad SMARTS) is 1. The normalized spacial score (nSPS) is 10.3. The molecule has 0 aliphatic heterocycles. The largest absolute Gasteiger partial charge is 0.507 e. The van der Waals surface area contributed by atoms with E-state index < -0.39 is 11.7 Å². The van der Waals surface area contributed by atoms with E-state index >= 15 is 0 Å². The predicted octanol–water partition coefficient (Wildman–Crippen LogP) is 2.32. The molecule has 0 radical (unpaired) electrons. The maximum Gasteiger partial charge on any atom is 0.339 e. The zero-order valence-electron chi connectivity index (χ0n) is 8.33. The molecule has 0 spiro atoms. The van der Waals surface area contributed by atoms with E-state index in [0.29, 0.717) is 6.42 Å². The minimum Gasteiger partial charge on any atom is -0.507 e. The van der Waals surface area contributed by atoms with E-state index in [9.17, 15) is 15.0 Å². The number of aromatic hydroxyl groups is 2. The van der Waals surface area contributed by atoms with Crippen molar-refractivity contribution in [3.8, 4) is 11.5 Å². The second kappa shape index (κ2) is 3.98. The highest BCUT2D eigenvalue weighted by atomic mass is 35.5. The van der Waals surface area contributed by atoms with E-state index in [2.05, 4.69) is 0 Å². The number of rotatable bonds is 2. The molecule has 0 heterocycles. The molecule has 3 N–H and O–H groups in total. The fraction of sp³-hybridized carbons (Fsp3) is 0.300. The van der Waals surface area contributed by atoms with Crippen molar-refractivity contribution < 1.29 is 20.1 Å². The van der Waals surface area contributed by atoms with Crippen molar-refractivity contribution >= 4 is 17.6 Å². The molecule has 1 rings (SSSR count). The average Bonchev–Trinajstić information content (AvgIpc) is 2.19. The molecule has 1 aromatic carbocycles. The van der Waals surface area contributed by atoms with Gasteiger partial charge in [0.25, 0.3) is 0 Å². The molecule has 5 heteroatoms. The number of benzene rings is 1. The van der Waals surface area contributed by atoms with Gasteiger partial charge in [-0.3, -0.25) is 0 Å². The molecule has 0 unspecified atom stereocenters. The molecule has 0 bridgehead atoms. The fourth-order valence-electron chi connectivity index (χ4n) is 1.42. The Bertz CT molecular complexity index is 426. The third-order valence-corrected chi connectivity index (χ3v) is 2.70. The van der Waals surface area contributed by atoms with Crippen molar-refractivity contribution in [1.82, 2.24) is 0 Å². The quantitative estimate of drug-likeness (QED) is 0.729. The summed E-state index contributed by atoms with van der Waals surface area (Å²) in [6, 6.07) is 0. The highest BCUT2D eigenvalue weighted by molar-refractivity contribution is 6.33. The van der Waals surface area contributed by atoms with Crippen LogP contribution in [0.15, 0.2) is 0 Å². The Morgan fingerprint density at radius 3 is 2.27 bits per heavy atom. The summed E-state index contributed by atoms with van der Waals surface area (Å²) in [5.41, 5.74) is 0.0807. The molecule has 1 aromatic rings. The lowest BCUT2D eigenvalue weighted by molar-refractivity contribution is 0.0692. The lowest BCUT2D eigenvalue weighted by Crippen LogP contribution is -2.04. The predicted molar refractivity (Wildman–Crippen MR) is 55.9 cm³/mol. The maximum absolute atomic E-state index is 10.9. The van der Waals surface area contributed by atoms with Gasteiger partial charge in [-0.15, -0.1) is 0 Å². The van der Waals surface area contributed by atoms with Gasteiger partial charge in [-0.25, -0.2) is 4.79 Å². The van der Waals surface area contributed by atoms with Crippen LogP contribution in [0.2, 0.25) is 5.02 Å². The first-order chi connectivity index (χ1) is 6.91. The van der Waals surface area contributed by atoms with E-state index in [4.69, 9.17) is 16.7 Å². The molecule has 0 saturated carbocycles. The van der Waals surface area contributed by atoms with E-state index in [0.717, 1.165) is 0 Å². The lowest BCUT2D eigenvalue weighted by atomic mass is 9.99. The van der Waals surface area contributed by atoms with Crippen LogP contribution in [-0.2, 0) is 6.42 Å². The zero-order valence-corrected chi connectivity index (χ0v) is 9.09. The number of phenols is 2. The first kappa shape index (κ1) is 11.7. The molecule has 0 saturated heterocycles. The maximum atomic E-state index is 10.9. The van der Waals surface area contributed by atoms with Crippen LogP contribution in [0, 0.1) is 6.92 Å². The van der Waals surface area contributed by atoms with Gasteiger partial charge in [-0.2, -0.15) is 0 Å². The number of carbonyl (C=O) groups is 1. The number of hydrogen-bond donors (Lipinski definition) is 3. The van der Waals surface area contributed by atoms with E-state index in [1.54, 1.807) is 6.92 Å². The lowest BCUT2D eigenvalue weighted by Gasteiger charge is -2.13. The van der Waals surface area contributed by atoms with Crippen LogP contribution in [0.3, 0.4) is 0 Å². The Morgan fingerprint density at radius 1 is 1.33 bits per heavy atom. The van der Waals surface area contributed by atoms with Crippen LogP contribution in [0.25, 0.3) is 0 Å². The Kier molecular flexibility index (Phi) is 3.09. The van der Waals surface area contributed by atoms with Gasteiger partial charge >= 0.3 is 5.97 Å². The summed E-state index contributed by atoms with van der Waals surface area (Å²) in [6.45, 7) is 3.10. The molecule has 15 heavy (non-hydrogen) atoms. The molecule has 0 atom stereocenters. The molecule has 82 valence electrons. The van der Waals surface area contributed by atoms with Gasteiger partial charge in [0, 0.05) is 5.56 Å². The number of halogens is 1. The first-order valence-electron chi connectivity index (χ1n) is 4.37. The van der Waals surface area contributed by atoms with Crippen molar-refractivity contribution in [3.63, 3.8) is 0 Å². The Labute approximate surface area is 91.7 Å². The summed E-state index contributed by atoms with van der Waals surface area (Å²) in [5, 5.41) is 28.0. The van der Waals surface area contributed by atoms with E-state index in [-0.39, 0.29) is 27.5 Å². The van der Waals surface area contributed by atoms with Crippen LogP contribution in [0.4, 0.5) is 0 Å². The van der Waals surface area contributed by atoms with Gasteiger partial charge in [0.2, 0.25) is 0 Å². The van der Waals surface area contributed by atoms with Gasteiger partial charge in [-0.05, 0) is 18.9 Å². The van der Waals surface area contributed by atoms with Gasteiger partial charge < -0.3 is 15.3 Å². The van der Waals surface area contributed by atoms with E-state index in [1.807, 2.05) is 0 Å². The van der Waals surface area contributed by atoms with Gasteiger partial charge in [-0.1, -0.05) is 18.5 Å². The molecule has 0 aliphatic rings. The van der Waals surface area contributed by atoms with Gasteiger partial charge in [0.1, 0.15) is 17.1 Å². The molecule has 0 aromatic heterocycles. The van der Waals surface area contributed by atoms with Crippen LogP contribution in [-0.4, -0.2) is 21.3 Å². The van der Waals surface area contributed by atoms with E-state index in [1.165, 1.54) is 6.92 Å². The minimum atomic E-state index is -1.26. The zero-order chi connectivity index (χ0) is 11.7. The first-order valence-corrected chi connectivity index (χ1v) is 4.75. The number of phenolic OH excluding ortho intramolecular Hbond substituents is 1. The Morgan fingerprint density at radius 2 is 1.87 bits per heavy atom. The molecule has 0 amide bonds. The summed E-state index contributed by atoms with van der Waals surface area (Å²) in [5.74, 6) is -1.95. The van der Waals surface area contributed by atoms with Crippen molar-refractivity contribution in [1.29, 1.82) is 0 Å². The average molecular weight is 231 g/mol. The number of hydrogen-bond acceptors (Lipinski definition) is 3. The van der Waals surface area contributed by atoms with Crippen molar-refractivity contribution in [2.45, 2.75) is 20.3 Å². The fourth-order valence-corrected chi connectivity index (χ4v) is 1.79. The van der Waals surface area contributed by atoms with Crippen LogP contribution in [0.1, 0.15) is 28.4 Å². The third-order valence-electron chi connectivity index (χ3n) is 2.29. The topological polar surface area (TPSA) is 77.8 Å². The minimum absolute atomic E-state index is 0.00907. The third kappa shape index (κ3) is 1.72. The van der Waals surface area contributed by atoms with Gasteiger partial charge in [0.15, 0.2) is 0 Å². The highest BCUT2D eigenvalue weighted by Crippen LogP contribution is 2.40. The van der Waals surface area contributed by atoms with Gasteiger partial charge in [0.05, 0.1) is 5.02 Å². The summed E-state index contributed by atoms with van der Waals surface area (Å²) in [4.78, 5) is 10.9. The van der Waals surface area contributed by atoms with Crippen molar-refractivity contribution in [3.05, 3.63) is 21.7 Å². The monoisotopic (exact) mass is 230 g/mol. The summed E-state index contributed by atoms with van der Waals surface area (Å²) < 4.78 is 0. The molecule has 4 nitrogen and oxygen atoms in total. The smallest absolute Gasteiger partial charge is 0.339 e. The highest BCUT2D eigenvalue weighted by Gasteiger charge is 2.23. The van der Waals surface area contributed by atoms with Crippen LogP contribution < -0.4 is 0 Å². The molecule has 0 fully saturated rings. The second-order valence-corrected chi connectivity index (χ2v) is 3.53. The summed E-state index contributed by atoms with van der Waals surface area (Å²) in [7, 11) is 0. The number of aromatic carboxylic acids is 1. The number of carboxylic acids is 1. The SMILES string of the molecule is CCc1c(Cl)c(O)c(C)c(O)c1C(=O)O. The van der Waals surface area contributed by atoms with Crippen LogP contribution in [0.5, 0.6) is 11.5 Å². The summed E-state index contributed by atoms with van der Waals surface area (Å²) >= 11 is 5.80. The molecule has 0 aliphatic carbocycles.